The van der Waals surface area contributed by atoms with Crippen molar-refractivity contribution in [3.05, 3.63) is 40.3 Å². The first-order valence-corrected chi connectivity index (χ1v) is 11.2. The Morgan fingerprint density at radius 2 is 1.87 bits per heavy atom. The predicted molar refractivity (Wildman–Crippen MR) is 121 cm³/mol. The number of esters is 1. The van der Waals surface area contributed by atoms with E-state index in [1.165, 1.54) is 4.90 Å². The molecule has 0 radical (unpaired) electrons. The minimum absolute atomic E-state index is 0.305. The van der Waals surface area contributed by atoms with Gasteiger partial charge in [0.1, 0.15) is 5.00 Å². The van der Waals surface area contributed by atoms with E-state index < -0.39 is 0 Å². The molecule has 0 amide bonds. The van der Waals surface area contributed by atoms with E-state index in [1.807, 2.05) is 45.0 Å². The molecule has 0 unspecified atom stereocenters. The average Bonchev–Trinajstić information content (AvgIpc) is 3.01. The Kier molecular flexibility index (Phi) is 5.87. The summed E-state index contributed by atoms with van der Waals surface area (Å²) in [4.78, 5) is 27.3. The number of hydrogen-bond donors (Lipinski definition) is 2. The van der Waals surface area contributed by atoms with Crippen LogP contribution in [-0.4, -0.2) is 55.8 Å². The highest BCUT2D eigenvalue weighted by Gasteiger charge is 2.25. The number of likely N-dealkylation sites (N-methyl/N-ethyl adjacent to an activating group) is 1. The summed E-state index contributed by atoms with van der Waals surface area (Å²) in [5.41, 5.74) is 3.22. The molecule has 0 aliphatic carbocycles. The van der Waals surface area contributed by atoms with Gasteiger partial charge >= 0.3 is 5.97 Å². The van der Waals surface area contributed by atoms with Gasteiger partial charge in [0, 0.05) is 4.88 Å². The molecule has 3 aromatic rings. The summed E-state index contributed by atoms with van der Waals surface area (Å²) in [6, 6.07) is 7.89. The lowest BCUT2D eigenvalue weighted by Crippen LogP contribution is -3.12. The summed E-state index contributed by atoms with van der Waals surface area (Å²) in [6.07, 6.45) is 0. The number of rotatable bonds is 5. The van der Waals surface area contributed by atoms with Crippen LogP contribution in [0.25, 0.3) is 11.0 Å². The molecule has 1 aromatic carbocycles. The van der Waals surface area contributed by atoms with Gasteiger partial charge in [0.2, 0.25) is 0 Å². The summed E-state index contributed by atoms with van der Waals surface area (Å²) >= 11 is 1.55. The third-order valence-corrected chi connectivity index (χ3v) is 6.69. The smallest absolute Gasteiger partial charge is 0.341 e. The van der Waals surface area contributed by atoms with Crippen molar-refractivity contribution in [3.63, 3.8) is 0 Å². The molecule has 1 saturated heterocycles. The first-order valence-electron chi connectivity index (χ1n) is 10.3. The van der Waals surface area contributed by atoms with Crippen LogP contribution >= 0.6 is 11.3 Å². The van der Waals surface area contributed by atoms with Crippen molar-refractivity contribution in [2.24, 2.45) is 0 Å². The number of carbonyl (C=O) groups is 1. The summed E-state index contributed by atoms with van der Waals surface area (Å²) in [7, 11) is 2.21. The van der Waals surface area contributed by atoms with Crippen LogP contribution < -0.4 is 15.1 Å². The molecule has 3 heterocycles. The minimum Gasteiger partial charge on any atom is -0.462 e. The van der Waals surface area contributed by atoms with Gasteiger partial charge in [-0.1, -0.05) is 12.1 Å². The van der Waals surface area contributed by atoms with Gasteiger partial charge in [0.05, 0.1) is 56.4 Å². The van der Waals surface area contributed by atoms with Crippen LogP contribution in [0.3, 0.4) is 0 Å². The lowest BCUT2D eigenvalue weighted by atomic mass is 10.1. The molecular formula is C22H28N5O2S+. The second kappa shape index (κ2) is 8.57. The third kappa shape index (κ3) is 3.97. The lowest BCUT2D eigenvalue weighted by molar-refractivity contribution is -0.880. The quantitative estimate of drug-likeness (QED) is 0.611. The Hall–Kier alpha value is -2.71. The van der Waals surface area contributed by atoms with E-state index in [0.29, 0.717) is 18.0 Å². The van der Waals surface area contributed by atoms with Crippen molar-refractivity contribution in [1.29, 1.82) is 0 Å². The fourth-order valence-corrected chi connectivity index (χ4v) is 4.71. The number of nitrogens with one attached hydrogen (secondary N) is 2. The number of piperazine rings is 1. The molecule has 2 N–H and O–H groups in total. The van der Waals surface area contributed by atoms with Crippen molar-refractivity contribution >= 4 is 45.0 Å². The molecule has 4 rings (SSSR count). The van der Waals surface area contributed by atoms with Gasteiger partial charge in [0.15, 0.2) is 11.6 Å². The zero-order chi connectivity index (χ0) is 21.3. The molecule has 1 aliphatic heterocycles. The summed E-state index contributed by atoms with van der Waals surface area (Å²) in [5.74, 6) is 1.21. The number of ether oxygens (including phenoxy) is 1. The van der Waals surface area contributed by atoms with E-state index in [0.717, 1.165) is 58.5 Å². The SMILES string of the molecule is CCOC(=O)c1c(Nc2nc3ccccc3nc2N2CC[NH+](C)CC2)sc(C)c1C. The molecule has 0 spiro atoms. The molecule has 1 fully saturated rings. The van der Waals surface area contributed by atoms with Gasteiger partial charge in [-0.15, -0.1) is 11.3 Å². The largest absolute Gasteiger partial charge is 0.462 e. The highest BCUT2D eigenvalue weighted by molar-refractivity contribution is 7.16. The topological polar surface area (TPSA) is 71.8 Å². The Bertz CT molecular complexity index is 1070. The van der Waals surface area contributed by atoms with Gasteiger partial charge < -0.3 is 19.9 Å². The van der Waals surface area contributed by atoms with Crippen LogP contribution in [0.4, 0.5) is 16.6 Å². The Morgan fingerprint density at radius 3 is 2.53 bits per heavy atom. The van der Waals surface area contributed by atoms with E-state index in [9.17, 15) is 4.79 Å². The first kappa shape index (κ1) is 20.6. The van der Waals surface area contributed by atoms with Crippen LogP contribution in [0.15, 0.2) is 24.3 Å². The van der Waals surface area contributed by atoms with Gasteiger partial charge in [-0.25, -0.2) is 14.8 Å². The van der Waals surface area contributed by atoms with Crippen molar-refractivity contribution in [3.8, 4) is 0 Å². The average molecular weight is 427 g/mol. The fraction of sp³-hybridized carbons (Fsp3) is 0.409. The Balaban J connectivity index is 1.78. The van der Waals surface area contributed by atoms with Crippen molar-refractivity contribution < 1.29 is 14.4 Å². The molecule has 0 saturated carbocycles. The van der Waals surface area contributed by atoms with E-state index in [2.05, 4.69) is 17.3 Å². The number of aromatic nitrogens is 2. The molecule has 1 aliphatic rings. The third-order valence-electron chi connectivity index (χ3n) is 5.57. The number of carbonyl (C=O) groups excluding carboxylic acids is 1. The number of aryl methyl sites for hydroxylation is 1. The number of para-hydroxylation sites is 2. The summed E-state index contributed by atoms with van der Waals surface area (Å²) in [6.45, 7) is 10.1. The Labute approximate surface area is 180 Å². The molecule has 2 aromatic heterocycles. The zero-order valence-corrected chi connectivity index (χ0v) is 18.7. The molecular weight excluding hydrogens is 398 g/mol. The highest BCUT2D eigenvalue weighted by atomic mass is 32.1. The molecule has 158 valence electrons. The fourth-order valence-electron chi connectivity index (χ4n) is 3.67. The van der Waals surface area contributed by atoms with Gasteiger partial charge in [-0.05, 0) is 38.5 Å². The Morgan fingerprint density at radius 1 is 1.20 bits per heavy atom. The van der Waals surface area contributed by atoms with Gasteiger partial charge in [0.25, 0.3) is 0 Å². The standard InChI is InChI=1S/C22H27N5O2S/c1-5-29-22(28)18-14(2)15(3)30-21(18)25-19-20(27-12-10-26(4)11-13-27)24-17-9-7-6-8-16(17)23-19/h6-9H,5,10-13H2,1-4H3,(H,23,25)/p+1. The molecule has 8 heteroatoms. The number of anilines is 3. The van der Waals surface area contributed by atoms with Crippen LogP contribution in [0.2, 0.25) is 0 Å². The van der Waals surface area contributed by atoms with Crippen LogP contribution in [0, 0.1) is 13.8 Å². The first-order chi connectivity index (χ1) is 14.5. The number of hydrogen-bond acceptors (Lipinski definition) is 7. The second-order valence-corrected chi connectivity index (χ2v) is 8.89. The van der Waals surface area contributed by atoms with E-state index in [-0.39, 0.29) is 5.97 Å². The molecule has 0 bridgehead atoms. The number of thiophene rings is 1. The predicted octanol–water partition coefficient (Wildman–Crippen LogP) is 2.56. The van der Waals surface area contributed by atoms with Gasteiger partial charge in [-0.3, -0.25) is 0 Å². The number of quaternary nitrogens is 1. The molecule has 0 atom stereocenters. The highest BCUT2D eigenvalue weighted by Crippen LogP contribution is 2.37. The minimum atomic E-state index is -0.305. The maximum atomic E-state index is 12.6. The number of benzene rings is 1. The van der Waals surface area contributed by atoms with E-state index in [4.69, 9.17) is 14.7 Å². The van der Waals surface area contributed by atoms with Crippen molar-refractivity contribution in [2.45, 2.75) is 20.8 Å². The van der Waals surface area contributed by atoms with E-state index >= 15 is 0 Å². The van der Waals surface area contributed by atoms with Crippen LogP contribution in [0.5, 0.6) is 0 Å². The number of fused-ring (bicyclic) bond motifs is 1. The molecule has 30 heavy (non-hydrogen) atoms. The van der Waals surface area contributed by atoms with Crippen LogP contribution in [0.1, 0.15) is 27.7 Å². The zero-order valence-electron chi connectivity index (χ0n) is 17.9. The summed E-state index contributed by atoms with van der Waals surface area (Å²) < 4.78 is 5.31. The van der Waals surface area contributed by atoms with Crippen molar-refractivity contribution in [1.82, 2.24) is 9.97 Å². The number of nitrogens with zero attached hydrogens (tertiary/aromatic N) is 3. The normalized spacial score (nSPS) is 14.9. The summed E-state index contributed by atoms with van der Waals surface area (Å²) in [5, 5.41) is 4.20. The monoisotopic (exact) mass is 426 g/mol. The second-order valence-electron chi connectivity index (χ2n) is 7.66. The van der Waals surface area contributed by atoms with E-state index in [1.54, 1.807) is 11.3 Å². The van der Waals surface area contributed by atoms with Gasteiger partial charge in [-0.2, -0.15) is 0 Å². The molecule has 7 nitrogen and oxygen atoms in total. The maximum Gasteiger partial charge on any atom is 0.341 e. The van der Waals surface area contributed by atoms with Crippen LogP contribution in [-0.2, 0) is 4.74 Å². The van der Waals surface area contributed by atoms with Crippen molar-refractivity contribution in [2.75, 3.05) is 50.1 Å². The maximum absolute atomic E-state index is 12.6. The lowest BCUT2D eigenvalue weighted by Gasteiger charge is -2.31.